The van der Waals surface area contributed by atoms with Crippen LogP contribution >= 0.6 is 11.6 Å². The summed E-state index contributed by atoms with van der Waals surface area (Å²) in [5.74, 6) is 2.47. The minimum absolute atomic E-state index is 0.0214. The van der Waals surface area contributed by atoms with Crippen molar-refractivity contribution in [3.8, 4) is 0 Å². The van der Waals surface area contributed by atoms with Gasteiger partial charge in [0.2, 0.25) is 5.91 Å². The Hall–Kier alpha value is -0.240. The molecule has 3 heteroatoms. The molecule has 0 unspecified atom stereocenters. The van der Waals surface area contributed by atoms with E-state index in [0.29, 0.717) is 12.0 Å². The number of nitrogens with one attached hydrogen (secondary N) is 1. The molecular weight excluding hydrogens is 210 g/mol. The first-order valence-electron chi connectivity index (χ1n) is 6.02. The minimum atomic E-state index is -0.411. The number of hydrogen-bond donors (Lipinski definition) is 1. The standard InChI is InChI=1S/C12H20ClNO/c1-7(13)12(15)14-8(2)11-6-9-3-4-10(11)5-9/h7-11H,3-6H2,1-2H3,(H,14,15)/t7-,8-,9-,10-,11-/m1/s1. The number of amides is 1. The first kappa shape index (κ1) is 11.3. The van der Waals surface area contributed by atoms with Crippen molar-refractivity contribution in [2.45, 2.75) is 50.9 Å². The van der Waals surface area contributed by atoms with E-state index in [1.807, 2.05) is 0 Å². The SMILES string of the molecule is C[C@@H](Cl)C(=O)N[C@H](C)[C@H]1C[C@@H]2CC[C@@H]1C2. The monoisotopic (exact) mass is 229 g/mol. The molecule has 2 nitrogen and oxygen atoms in total. The molecule has 0 aromatic carbocycles. The van der Waals surface area contributed by atoms with Crippen LogP contribution in [0.2, 0.25) is 0 Å². The Morgan fingerprint density at radius 2 is 2.07 bits per heavy atom. The van der Waals surface area contributed by atoms with Crippen molar-refractivity contribution in [2.24, 2.45) is 17.8 Å². The summed E-state index contributed by atoms with van der Waals surface area (Å²) < 4.78 is 0. The van der Waals surface area contributed by atoms with Gasteiger partial charge in [0, 0.05) is 6.04 Å². The van der Waals surface area contributed by atoms with E-state index in [1.165, 1.54) is 25.7 Å². The molecule has 0 aromatic heterocycles. The zero-order valence-corrected chi connectivity index (χ0v) is 10.3. The molecule has 86 valence electrons. The van der Waals surface area contributed by atoms with Crippen LogP contribution in [0.4, 0.5) is 0 Å². The zero-order valence-electron chi connectivity index (χ0n) is 9.50. The number of fused-ring (bicyclic) bond motifs is 2. The number of rotatable bonds is 3. The van der Waals surface area contributed by atoms with E-state index in [-0.39, 0.29) is 5.91 Å². The summed E-state index contributed by atoms with van der Waals surface area (Å²) >= 11 is 5.75. The molecular formula is C12H20ClNO. The van der Waals surface area contributed by atoms with Crippen molar-refractivity contribution in [3.63, 3.8) is 0 Å². The summed E-state index contributed by atoms with van der Waals surface area (Å²) in [7, 11) is 0. The Bertz CT molecular complexity index is 254. The molecule has 1 amide bonds. The summed E-state index contributed by atoms with van der Waals surface area (Å²) in [6.07, 6.45) is 5.48. The van der Waals surface area contributed by atoms with Gasteiger partial charge in [-0.1, -0.05) is 6.42 Å². The molecule has 2 aliphatic rings. The normalized spacial score (nSPS) is 37.7. The van der Waals surface area contributed by atoms with E-state index in [4.69, 9.17) is 11.6 Å². The van der Waals surface area contributed by atoms with E-state index in [1.54, 1.807) is 6.92 Å². The number of hydrogen-bond acceptors (Lipinski definition) is 1. The van der Waals surface area contributed by atoms with E-state index in [9.17, 15) is 4.79 Å². The number of carbonyl (C=O) groups excluding carboxylic acids is 1. The lowest BCUT2D eigenvalue weighted by Crippen LogP contribution is -2.42. The van der Waals surface area contributed by atoms with Crippen molar-refractivity contribution in [1.29, 1.82) is 0 Å². The third kappa shape index (κ3) is 2.30. The highest BCUT2D eigenvalue weighted by Gasteiger charge is 2.42. The highest BCUT2D eigenvalue weighted by Crippen LogP contribution is 2.49. The average Bonchev–Trinajstić information content (AvgIpc) is 2.78. The van der Waals surface area contributed by atoms with E-state index in [0.717, 1.165) is 11.8 Å². The van der Waals surface area contributed by atoms with Gasteiger partial charge in [0.15, 0.2) is 0 Å². The van der Waals surface area contributed by atoms with Crippen LogP contribution < -0.4 is 5.32 Å². The number of carbonyl (C=O) groups is 1. The first-order valence-corrected chi connectivity index (χ1v) is 6.46. The second kappa shape index (κ2) is 4.32. The van der Waals surface area contributed by atoms with Gasteiger partial charge in [-0.3, -0.25) is 4.79 Å². The molecule has 2 saturated carbocycles. The van der Waals surface area contributed by atoms with Crippen molar-refractivity contribution >= 4 is 17.5 Å². The smallest absolute Gasteiger partial charge is 0.237 e. The molecule has 2 aliphatic carbocycles. The van der Waals surface area contributed by atoms with Crippen molar-refractivity contribution in [3.05, 3.63) is 0 Å². The lowest BCUT2D eigenvalue weighted by molar-refractivity contribution is -0.121. The number of halogens is 1. The van der Waals surface area contributed by atoms with E-state index < -0.39 is 5.38 Å². The predicted octanol–water partition coefficient (Wildman–Crippen LogP) is 2.55. The molecule has 0 aromatic rings. The van der Waals surface area contributed by atoms with Crippen LogP contribution in [0.5, 0.6) is 0 Å². The third-order valence-corrected chi connectivity index (χ3v) is 4.36. The predicted molar refractivity (Wildman–Crippen MR) is 61.9 cm³/mol. The van der Waals surface area contributed by atoms with Gasteiger partial charge in [0.05, 0.1) is 0 Å². The fourth-order valence-electron chi connectivity index (χ4n) is 3.35. The fourth-order valence-corrected chi connectivity index (χ4v) is 3.42. The topological polar surface area (TPSA) is 29.1 Å². The van der Waals surface area contributed by atoms with E-state index >= 15 is 0 Å². The molecule has 0 heterocycles. The second-order valence-corrected chi connectivity index (χ2v) is 5.91. The summed E-state index contributed by atoms with van der Waals surface area (Å²) in [4.78, 5) is 11.5. The van der Waals surface area contributed by atoms with Crippen molar-refractivity contribution < 1.29 is 4.79 Å². The lowest BCUT2D eigenvalue weighted by atomic mass is 9.84. The summed E-state index contributed by atoms with van der Waals surface area (Å²) in [5, 5.41) is 2.62. The first-order chi connectivity index (χ1) is 7.08. The second-order valence-electron chi connectivity index (χ2n) is 5.25. The molecule has 0 radical (unpaired) electrons. The summed E-state index contributed by atoms with van der Waals surface area (Å²) in [6, 6.07) is 0.300. The molecule has 0 saturated heterocycles. The largest absolute Gasteiger partial charge is 0.352 e. The van der Waals surface area contributed by atoms with Crippen molar-refractivity contribution in [1.82, 2.24) is 5.32 Å². The molecule has 2 fully saturated rings. The van der Waals surface area contributed by atoms with Crippen LogP contribution in [0, 0.1) is 17.8 Å². The molecule has 0 spiro atoms. The van der Waals surface area contributed by atoms with Gasteiger partial charge in [0.1, 0.15) is 5.38 Å². The van der Waals surface area contributed by atoms with Gasteiger partial charge in [-0.25, -0.2) is 0 Å². The van der Waals surface area contributed by atoms with Crippen LogP contribution in [0.1, 0.15) is 39.5 Å². The Balaban J connectivity index is 1.86. The minimum Gasteiger partial charge on any atom is -0.352 e. The van der Waals surface area contributed by atoms with Gasteiger partial charge < -0.3 is 5.32 Å². The lowest BCUT2D eigenvalue weighted by Gasteiger charge is -2.28. The third-order valence-electron chi connectivity index (χ3n) is 4.17. The number of alkyl halides is 1. The summed E-state index contributed by atoms with van der Waals surface area (Å²) in [5.41, 5.74) is 0. The van der Waals surface area contributed by atoms with E-state index in [2.05, 4.69) is 12.2 Å². The van der Waals surface area contributed by atoms with Crippen LogP contribution in [-0.2, 0) is 4.79 Å². The molecule has 0 aliphatic heterocycles. The Morgan fingerprint density at radius 3 is 2.53 bits per heavy atom. The molecule has 15 heavy (non-hydrogen) atoms. The Kier molecular flexibility index (Phi) is 3.24. The summed E-state index contributed by atoms with van der Waals surface area (Å²) in [6.45, 7) is 3.85. The zero-order chi connectivity index (χ0) is 11.0. The highest BCUT2D eigenvalue weighted by molar-refractivity contribution is 6.30. The molecule has 5 atom stereocenters. The van der Waals surface area contributed by atoms with Crippen LogP contribution in [0.3, 0.4) is 0 Å². The Morgan fingerprint density at radius 1 is 1.33 bits per heavy atom. The van der Waals surface area contributed by atoms with Gasteiger partial charge >= 0.3 is 0 Å². The van der Waals surface area contributed by atoms with Gasteiger partial charge in [-0.2, -0.15) is 0 Å². The van der Waals surface area contributed by atoms with Gasteiger partial charge in [-0.05, 0) is 50.9 Å². The van der Waals surface area contributed by atoms with Crippen molar-refractivity contribution in [2.75, 3.05) is 0 Å². The molecule has 2 rings (SSSR count). The quantitative estimate of drug-likeness (QED) is 0.741. The maximum absolute atomic E-state index is 11.5. The van der Waals surface area contributed by atoms with Crippen LogP contribution in [0.25, 0.3) is 0 Å². The van der Waals surface area contributed by atoms with Gasteiger partial charge in [0.25, 0.3) is 0 Å². The highest BCUT2D eigenvalue weighted by atomic mass is 35.5. The van der Waals surface area contributed by atoms with Crippen LogP contribution in [0.15, 0.2) is 0 Å². The van der Waals surface area contributed by atoms with Gasteiger partial charge in [-0.15, -0.1) is 11.6 Å². The fraction of sp³-hybridized carbons (Fsp3) is 0.917. The van der Waals surface area contributed by atoms with Crippen LogP contribution in [-0.4, -0.2) is 17.3 Å². The maximum atomic E-state index is 11.5. The molecule has 2 bridgehead atoms. The maximum Gasteiger partial charge on any atom is 0.237 e. The average molecular weight is 230 g/mol. The Labute approximate surface area is 96.8 Å². The molecule has 1 N–H and O–H groups in total.